The van der Waals surface area contributed by atoms with Gasteiger partial charge in [-0.3, -0.25) is 10.4 Å². The van der Waals surface area contributed by atoms with Crippen LogP contribution in [0.15, 0.2) is 11.5 Å². The monoisotopic (exact) mass is 277 g/mol. The highest BCUT2D eigenvalue weighted by molar-refractivity contribution is 7.99. The molecule has 0 spiro atoms. The first-order valence-electron chi connectivity index (χ1n) is 6.99. The second-order valence-corrected chi connectivity index (χ2v) is 6.60. The Kier molecular flexibility index (Phi) is 3.76. The number of nitrogens with zero attached hydrogens (tertiary/aromatic N) is 3. The fourth-order valence-electron chi connectivity index (χ4n) is 2.99. The third-order valence-electron chi connectivity index (χ3n) is 4.16. The van der Waals surface area contributed by atoms with E-state index in [1.54, 1.807) is 11.8 Å². The molecule has 0 aromatic carbocycles. The van der Waals surface area contributed by atoms with Crippen molar-refractivity contribution in [2.75, 3.05) is 5.75 Å². The van der Waals surface area contributed by atoms with Gasteiger partial charge in [0.05, 0.1) is 6.07 Å². The quantitative estimate of drug-likeness (QED) is 0.779. The molecule has 1 aromatic rings. The molecule has 1 heterocycles. The molecule has 0 radical (unpaired) electrons. The lowest BCUT2D eigenvalue weighted by Crippen LogP contribution is -2.48. The maximum Gasteiger partial charge on any atom is 0.183 e. The van der Waals surface area contributed by atoms with Gasteiger partial charge in [-0.2, -0.15) is 10.4 Å². The summed E-state index contributed by atoms with van der Waals surface area (Å²) in [5.41, 5.74) is -0.261. The summed E-state index contributed by atoms with van der Waals surface area (Å²) < 4.78 is 0. The van der Waals surface area contributed by atoms with Gasteiger partial charge in [-0.15, -0.1) is 0 Å². The average Bonchev–Trinajstić information content (AvgIpc) is 2.92. The van der Waals surface area contributed by atoms with Crippen molar-refractivity contribution in [3.8, 4) is 6.07 Å². The zero-order chi connectivity index (χ0) is 13.1. The predicted molar refractivity (Wildman–Crippen MR) is 73.6 cm³/mol. The molecule has 2 saturated carbocycles. The molecule has 2 aliphatic rings. The van der Waals surface area contributed by atoms with Gasteiger partial charge < -0.3 is 0 Å². The number of nitrogens with one attached hydrogen (secondary N) is 2. The van der Waals surface area contributed by atoms with Crippen molar-refractivity contribution in [3.63, 3.8) is 0 Å². The Balaban J connectivity index is 1.54. The molecule has 2 aliphatic carbocycles. The summed E-state index contributed by atoms with van der Waals surface area (Å²) in [4.78, 5) is 4.11. The summed E-state index contributed by atoms with van der Waals surface area (Å²) in [5, 5.41) is 20.8. The number of hydrogen-bond donors (Lipinski definition) is 2. The SMILES string of the molecule is N#CC1(NC2CC2)CCCC1CCSc1ncn[nH]1. The summed E-state index contributed by atoms with van der Waals surface area (Å²) in [5.74, 6) is 1.48. The van der Waals surface area contributed by atoms with Crippen LogP contribution in [0, 0.1) is 17.2 Å². The topological polar surface area (TPSA) is 77.4 Å². The van der Waals surface area contributed by atoms with Crippen LogP contribution in [0.25, 0.3) is 0 Å². The first-order chi connectivity index (χ1) is 9.32. The summed E-state index contributed by atoms with van der Waals surface area (Å²) in [6.07, 6.45) is 8.43. The minimum Gasteiger partial charge on any atom is -0.296 e. The lowest BCUT2D eigenvalue weighted by molar-refractivity contribution is 0.308. The van der Waals surface area contributed by atoms with Crippen LogP contribution in [0.5, 0.6) is 0 Å². The molecule has 6 heteroatoms. The molecule has 0 bridgehead atoms. The molecule has 0 aliphatic heterocycles. The van der Waals surface area contributed by atoms with E-state index in [2.05, 4.69) is 26.6 Å². The highest BCUT2D eigenvalue weighted by Crippen LogP contribution is 2.40. The third kappa shape index (κ3) is 2.93. The van der Waals surface area contributed by atoms with Gasteiger partial charge >= 0.3 is 0 Å². The number of H-pyrrole nitrogens is 1. The molecule has 0 amide bonds. The average molecular weight is 277 g/mol. The number of aromatic amines is 1. The van der Waals surface area contributed by atoms with Crippen LogP contribution >= 0.6 is 11.8 Å². The maximum absolute atomic E-state index is 9.60. The van der Waals surface area contributed by atoms with Gasteiger partial charge in [-0.25, -0.2) is 4.98 Å². The van der Waals surface area contributed by atoms with Gasteiger partial charge in [0.15, 0.2) is 5.16 Å². The van der Waals surface area contributed by atoms with Crippen LogP contribution in [0.1, 0.15) is 38.5 Å². The van der Waals surface area contributed by atoms with E-state index in [4.69, 9.17) is 0 Å². The van der Waals surface area contributed by atoms with Gasteiger partial charge in [-0.1, -0.05) is 18.2 Å². The molecule has 0 saturated heterocycles. The van der Waals surface area contributed by atoms with Gasteiger partial charge in [-0.05, 0) is 38.0 Å². The van der Waals surface area contributed by atoms with Gasteiger partial charge in [0, 0.05) is 11.8 Å². The summed E-state index contributed by atoms with van der Waals surface area (Å²) >= 11 is 1.69. The van der Waals surface area contributed by atoms with E-state index in [0.717, 1.165) is 23.8 Å². The minimum atomic E-state index is -0.261. The van der Waals surface area contributed by atoms with Crippen molar-refractivity contribution in [2.24, 2.45) is 5.92 Å². The van der Waals surface area contributed by atoms with E-state index >= 15 is 0 Å². The van der Waals surface area contributed by atoms with Crippen LogP contribution in [0.4, 0.5) is 0 Å². The Hall–Kier alpha value is -1.06. The van der Waals surface area contributed by atoms with E-state index < -0.39 is 0 Å². The third-order valence-corrected chi connectivity index (χ3v) is 5.07. The molecule has 5 nitrogen and oxygen atoms in total. The van der Waals surface area contributed by atoms with Crippen molar-refractivity contribution in [1.29, 1.82) is 5.26 Å². The molecule has 102 valence electrons. The second kappa shape index (κ2) is 5.51. The van der Waals surface area contributed by atoms with E-state index in [0.29, 0.717) is 12.0 Å². The Labute approximate surface area is 117 Å². The molecular weight excluding hydrogens is 258 g/mol. The number of thioether (sulfide) groups is 1. The van der Waals surface area contributed by atoms with Crippen LogP contribution in [-0.4, -0.2) is 32.5 Å². The van der Waals surface area contributed by atoms with Crippen LogP contribution in [0.3, 0.4) is 0 Å². The highest BCUT2D eigenvalue weighted by atomic mass is 32.2. The molecule has 3 rings (SSSR count). The summed E-state index contributed by atoms with van der Waals surface area (Å²) in [6, 6.07) is 3.19. The lowest BCUT2D eigenvalue weighted by Gasteiger charge is -2.30. The molecule has 19 heavy (non-hydrogen) atoms. The lowest BCUT2D eigenvalue weighted by atomic mass is 9.86. The van der Waals surface area contributed by atoms with Crippen molar-refractivity contribution in [2.45, 2.75) is 55.3 Å². The zero-order valence-corrected chi connectivity index (χ0v) is 11.7. The van der Waals surface area contributed by atoms with E-state index in [1.807, 2.05) is 0 Å². The first kappa shape index (κ1) is 12.9. The number of rotatable bonds is 6. The van der Waals surface area contributed by atoms with Crippen molar-refractivity contribution in [1.82, 2.24) is 20.5 Å². The van der Waals surface area contributed by atoms with E-state index in [9.17, 15) is 5.26 Å². The fourth-order valence-corrected chi connectivity index (χ4v) is 3.83. The highest BCUT2D eigenvalue weighted by Gasteiger charge is 2.45. The van der Waals surface area contributed by atoms with E-state index in [-0.39, 0.29) is 5.54 Å². The predicted octanol–water partition coefficient (Wildman–Crippen LogP) is 2.10. The van der Waals surface area contributed by atoms with Crippen LogP contribution in [-0.2, 0) is 0 Å². The Morgan fingerprint density at radius 2 is 2.42 bits per heavy atom. The fraction of sp³-hybridized carbons (Fsp3) is 0.769. The van der Waals surface area contributed by atoms with Crippen molar-refractivity contribution in [3.05, 3.63) is 6.33 Å². The second-order valence-electron chi connectivity index (χ2n) is 5.52. The Morgan fingerprint density at radius 3 is 3.11 bits per heavy atom. The van der Waals surface area contributed by atoms with Gasteiger partial charge in [0.1, 0.15) is 11.9 Å². The molecule has 1 aromatic heterocycles. The van der Waals surface area contributed by atoms with E-state index in [1.165, 1.54) is 32.0 Å². The summed E-state index contributed by atoms with van der Waals surface area (Å²) in [6.45, 7) is 0. The number of hydrogen-bond acceptors (Lipinski definition) is 5. The molecular formula is C13H19N5S. The van der Waals surface area contributed by atoms with Crippen LogP contribution in [0.2, 0.25) is 0 Å². The van der Waals surface area contributed by atoms with Gasteiger partial charge in [0.2, 0.25) is 0 Å². The minimum absolute atomic E-state index is 0.261. The van der Waals surface area contributed by atoms with Crippen molar-refractivity contribution < 1.29 is 0 Å². The smallest absolute Gasteiger partial charge is 0.183 e. The Bertz CT molecular complexity index is 450. The number of nitriles is 1. The largest absolute Gasteiger partial charge is 0.296 e. The first-order valence-corrected chi connectivity index (χ1v) is 7.98. The number of aromatic nitrogens is 3. The molecule has 2 fully saturated rings. The molecule has 2 atom stereocenters. The zero-order valence-electron chi connectivity index (χ0n) is 10.9. The normalized spacial score (nSPS) is 30.4. The standard InChI is InChI=1S/C13H19N5S/c14-8-13(17-11-3-4-11)6-1-2-10(13)5-7-19-12-15-9-16-18-12/h9-11,17H,1-7H2,(H,15,16,18). The van der Waals surface area contributed by atoms with Crippen LogP contribution < -0.4 is 5.32 Å². The molecule has 2 N–H and O–H groups in total. The summed E-state index contributed by atoms with van der Waals surface area (Å²) in [7, 11) is 0. The maximum atomic E-state index is 9.60. The Morgan fingerprint density at radius 1 is 1.53 bits per heavy atom. The van der Waals surface area contributed by atoms with Gasteiger partial charge in [0.25, 0.3) is 0 Å². The van der Waals surface area contributed by atoms with Crippen molar-refractivity contribution >= 4 is 11.8 Å². The molecule has 2 unspecified atom stereocenters.